The molecule has 4 aromatic heterocycles. The SMILES string of the molecule is C[C@H]1[C@H]2OS(=O)(=O)NC[C@H]3O[C@@H](n4cnc5c(N)ncnc54)C[C@@H]3OP(=O)(O)OC[C@H]1O[C@H]2n1cnc2c(=O)[nH]cnc21. The lowest BCUT2D eigenvalue weighted by molar-refractivity contribution is -0.0497. The Balaban J connectivity index is 1.19. The Hall–Kier alpha value is -3.40. The molecular weight excluding hydrogens is 615 g/mol. The molecule has 0 spiro atoms. The van der Waals surface area contributed by atoms with E-state index in [1.807, 2.05) is 0 Å². The molecule has 0 saturated carbocycles. The second-order valence-corrected chi connectivity index (χ2v) is 13.0. The summed E-state index contributed by atoms with van der Waals surface area (Å²) in [5, 5.41) is 0. The van der Waals surface area contributed by atoms with E-state index >= 15 is 0 Å². The first kappa shape index (κ1) is 28.4. The number of phosphoric ester groups is 1. The summed E-state index contributed by atoms with van der Waals surface area (Å²) in [6, 6.07) is 0. The summed E-state index contributed by atoms with van der Waals surface area (Å²) >= 11 is 0. The third kappa shape index (κ3) is 5.11. The third-order valence-electron chi connectivity index (χ3n) is 7.59. The summed E-state index contributed by atoms with van der Waals surface area (Å²) in [5.74, 6) is -0.541. The highest BCUT2D eigenvalue weighted by Crippen LogP contribution is 2.50. The van der Waals surface area contributed by atoms with Crippen molar-refractivity contribution in [3.8, 4) is 0 Å². The number of anilines is 1. The van der Waals surface area contributed by atoms with Crippen molar-refractivity contribution in [2.24, 2.45) is 5.92 Å². The minimum Gasteiger partial charge on any atom is -0.382 e. The number of hydrogen-bond acceptors (Lipinski definition) is 15. The van der Waals surface area contributed by atoms with Crippen molar-refractivity contribution < 1.29 is 40.6 Å². The van der Waals surface area contributed by atoms with Crippen LogP contribution < -0.4 is 16.0 Å². The summed E-state index contributed by atoms with van der Waals surface area (Å²) in [5.41, 5.74) is 6.15. The number of ether oxygens (including phenoxy) is 2. The molecule has 3 fully saturated rings. The highest BCUT2D eigenvalue weighted by atomic mass is 32.2. The van der Waals surface area contributed by atoms with Crippen LogP contribution in [0, 0.1) is 5.92 Å². The van der Waals surface area contributed by atoms with Gasteiger partial charge in [-0.25, -0.2) is 33.7 Å². The van der Waals surface area contributed by atoms with Gasteiger partial charge in [-0.1, -0.05) is 6.92 Å². The van der Waals surface area contributed by atoms with Crippen molar-refractivity contribution in [1.82, 2.24) is 43.8 Å². The van der Waals surface area contributed by atoms with E-state index in [4.69, 9.17) is 28.4 Å². The van der Waals surface area contributed by atoms with Gasteiger partial charge in [0.2, 0.25) is 0 Å². The first-order chi connectivity index (χ1) is 20.5. The van der Waals surface area contributed by atoms with Crippen molar-refractivity contribution in [2.75, 3.05) is 18.9 Å². The van der Waals surface area contributed by atoms with Gasteiger partial charge in [0.15, 0.2) is 28.9 Å². The van der Waals surface area contributed by atoms with Crippen LogP contribution in [-0.2, 0) is 37.6 Å². The van der Waals surface area contributed by atoms with E-state index in [2.05, 4.69) is 34.6 Å². The van der Waals surface area contributed by atoms with Crippen molar-refractivity contribution in [3.63, 3.8) is 0 Å². The summed E-state index contributed by atoms with van der Waals surface area (Å²) in [6.45, 7) is 0.780. The first-order valence-corrected chi connectivity index (χ1v) is 15.9. The number of fused-ring (bicyclic) bond motifs is 5. The van der Waals surface area contributed by atoms with Crippen molar-refractivity contribution >= 4 is 46.3 Å². The fourth-order valence-corrected chi connectivity index (χ4v) is 7.39. The molecule has 0 aliphatic carbocycles. The van der Waals surface area contributed by atoms with Crippen LogP contribution in [0.5, 0.6) is 0 Å². The van der Waals surface area contributed by atoms with Crippen molar-refractivity contribution in [1.29, 1.82) is 0 Å². The van der Waals surface area contributed by atoms with E-state index in [0.717, 1.165) is 0 Å². The molecular formula is C21H25N10O10PS. The van der Waals surface area contributed by atoms with Crippen LogP contribution >= 0.6 is 7.82 Å². The van der Waals surface area contributed by atoms with Crippen LogP contribution in [0.15, 0.2) is 30.1 Å². The lowest BCUT2D eigenvalue weighted by atomic mass is 10.0. The van der Waals surface area contributed by atoms with Crippen molar-refractivity contribution in [2.45, 2.75) is 50.2 Å². The topological polar surface area (TPSA) is 263 Å². The number of aromatic amines is 1. The van der Waals surface area contributed by atoms with Crippen LogP contribution in [-0.4, -0.2) is 89.9 Å². The molecule has 0 amide bonds. The quantitative estimate of drug-likeness (QED) is 0.193. The number of rotatable bonds is 2. The Morgan fingerprint density at radius 1 is 1.05 bits per heavy atom. The standard InChI is InChI=1S/C21H25N10O10PS/c1-9-12-4-37-42(33,34)40-10-2-13(30-7-27-14-17(22)23-5-24-18(14)30)38-11(10)3-29-43(35,36)41-16(9)21(39-12)31-8-28-15-19(31)25-6-26-20(15)32/h5-13,16,21,29H,2-4H2,1H3,(H,33,34)(H2,22,23,24)(H,25,26,32)/t9-,10+,11-,12-,13-,16-,21-/m1/s1. The predicted octanol–water partition coefficient (Wildman–Crippen LogP) is -0.902. The highest BCUT2D eigenvalue weighted by molar-refractivity contribution is 7.84. The Kier molecular flexibility index (Phi) is 6.83. The Morgan fingerprint density at radius 3 is 2.65 bits per heavy atom. The fraction of sp³-hybridized carbons (Fsp3) is 0.524. The average Bonchev–Trinajstić information content (AvgIpc) is 3.72. The van der Waals surface area contributed by atoms with E-state index < -0.39 is 79.6 Å². The number of nitrogens with one attached hydrogen (secondary N) is 2. The molecule has 7 heterocycles. The number of nitrogens with two attached hydrogens (primary N) is 1. The predicted molar refractivity (Wildman–Crippen MR) is 142 cm³/mol. The molecule has 3 aliphatic heterocycles. The average molecular weight is 641 g/mol. The van der Waals surface area contributed by atoms with Gasteiger partial charge in [0, 0.05) is 18.9 Å². The molecule has 5 N–H and O–H groups in total. The van der Waals surface area contributed by atoms with Gasteiger partial charge < -0.3 is 25.1 Å². The zero-order chi connectivity index (χ0) is 30.1. The number of imidazole rings is 2. The molecule has 7 rings (SSSR count). The molecule has 4 aromatic rings. The molecule has 0 radical (unpaired) electrons. The van der Waals surface area contributed by atoms with E-state index in [-0.39, 0.29) is 23.4 Å². The summed E-state index contributed by atoms with van der Waals surface area (Å²) in [6.07, 6.45) is -1.11. The molecule has 2 bridgehead atoms. The normalized spacial score (nSPS) is 34.9. The van der Waals surface area contributed by atoms with Gasteiger partial charge in [0.25, 0.3) is 5.56 Å². The molecule has 8 atom stereocenters. The first-order valence-electron chi connectivity index (χ1n) is 13.0. The highest BCUT2D eigenvalue weighted by Gasteiger charge is 2.49. The molecule has 3 saturated heterocycles. The molecule has 3 aliphatic rings. The zero-order valence-electron chi connectivity index (χ0n) is 22.2. The number of nitrogen functional groups attached to an aromatic ring is 1. The minimum absolute atomic E-state index is 0.000327. The molecule has 230 valence electrons. The van der Waals surface area contributed by atoms with Crippen LogP contribution in [0.25, 0.3) is 22.3 Å². The van der Waals surface area contributed by atoms with Crippen LogP contribution in [0.2, 0.25) is 0 Å². The minimum atomic E-state index is -4.72. The van der Waals surface area contributed by atoms with Gasteiger partial charge >= 0.3 is 18.1 Å². The number of nitrogens with zero attached hydrogens (tertiary/aromatic N) is 7. The molecule has 22 heteroatoms. The van der Waals surface area contributed by atoms with E-state index in [1.165, 1.54) is 34.4 Å². The summed E-state index contributed by atoms with van der Waals surface area (Å²) in [4.78, 5) is 45.7. The number of hydrogen-bond donors (Lipinski definition) is 4. The maximum Gasteiger partial charge on any atom is 0.472 e. The van der Waals surface area contributed by atoms with Gasteiger partial charge in [-0.05, 0) is 0 Å². The van der Waals surface area contributed by atoms with Gasteiger partial charge in [-0.3, -0.25) is 23.0 Å². The van der Waals surface area contributed by atoms with Gasteiger partial charge in [0.1, 0.15) is 36.4 Å². The second kappa shape index (κ2) is 10.4. The van der Waals surface area contributed by atoms with Gasteiger partial charge in [-0.15, -0.1) is 0 Å². The van der Waals surface area contributed by atoms with E-state index in [1.54, 1.807) is 6.92 Å². The molecule has 43 heavy (non-hydrogen) atoms. The van der Waals surface area contributed by atoms with Crippen LogP contribution in [0.4, 0.5) is 5.82 Å². The number of aromatic nitrogens is 8. The van der Waals surface area contributed by atoms with Crippen LogP contribution in [0.3, 0.4) is 0 Å². The Morgan fingerprint density at radius 2 is 1.81 bits per heavy atom. The lowest BCUT2D eigenvalue weighted by Crippen LogP contribution is -2.41. The maximum atomic E-state index is 13.2. The zero-order valence-corrected chi connectivity index (χ0v) is 23.9. The van der Waals surface area contributed by atoms with E-state index in [0.29, 0.717) is 11.2 Å². The summed E-state index contributed by atoms with van der Waals surface area (Å²) in [7, 11) is -9.19. The summed E-state index contributed by atoms with van der Waals surface area (Å²) < 4.78 is 73.2. The fourth-order valence-electron chi connectivity index (χ4n) is 5.43. The smallest absolute Gasteiger partial charge is 0.382 e. The van der Waals surface area contributed by atoms with Gasteiger partial charge in [0.05, 0.1) is 31.7 Å². The number of H-pyrrole nitrogens is 1. The maximum absolute atomic E-state index is 13.2. The van der Waals surface area contributed by atoms with E-state index in [9.17, 15) is 22.7 Å². The Bertz CT molecular complexity index is 1910. The molecule has 20 nitrogen and oxygen atoms in total. The third-order valence-corrected chi connectivity index (χ3v) is 9.60. The monoisotopic (exact) mass is 640 g/mol. The largest absolute Gasteiger partial charge is 0.472 e. The lowest BCUT2D eigenvalue weighted by Gasteiger charge is -2.24. The number of phosphoric acid groups is 1. The van der Waals surface area contributed by atoms with Crippen LogP contribution in [0.1, 0.15) is 25.8 Å². The second-order valence-electron chi connectivity index (χ2n) is 10.2. The Labute approximate surface area is 241 Å². The molecule has 1 unspecified atom stereocenters. The molecule has 0 aromatic carbocycles. The van der Waals surface area contributed by atoms with Gasteiger partial charge in [-0.2, -0.15) is 13.1 Å². The van der Waals surface area contributed by atoms with Crippen molar-refractivity contribution in [3.05, 3.63) is 35.7 Å².